The van der Waals surface area contributed by atoms with Gasteiger partial charge in [0.05, 0.1) is 17.6 Å². The number of benzene rings is 2. The van der Waals surface area contributed by atoms with E-state index in [9.17, 15) is 14.7 Å². The molecular weight excluding hydrogens is 520 g/mol. The Morgan fingerprint density at radius 2 is 1.88 bits per heavy atom. The number of anilines is 1. The van der Waals surface area contributed by atoms with Crippen LogP contribution in [0.15, 0.2) is 48.5 Å². The van der Waals surface area contributed by atoms with Crippen LogP contribution < -0.4 is 10.5 Å². The Balaban J connectivity index is 1.59. The molecule has 0 radical (unpaired) electrons. The third-order valence-electron chi connectivity index (χ3n) is 6.99. The summed E-state index contributed by atoms with van der Waals surface area (Å²) in [4.78, 5) is 37.7. The summed E-state index contributed by atoms with van der Waals surface area (Å²) in [5.74, 6) is 0.850. The number of likely N-dealkylation sites (N-methyl/N-ethyl adjacent to an activating group) is 1. The molecule has 10 heteroatoms. The Kier molecular flexibility index (Phi) is 9.78. The number of para-hydroxylation sites is 1. The maximum atomic E-state index is 13.3. The molecule has 10 nitrogen and oxygen atoms in total. The number of pyridine rings is 1. The lowest BCUT2D eigenvalue weighted by Crippen LogP contribution is -2.38. The van der Waals surface area contributed by atoms with Gasteiger partial charge in [0, 0.05) is 31.4 Å². The van der Waals surface area contributed by atoms with Gasteiger partial charge < -0.3 is 29.9 Å². The van der Waals surface area contributed by atoms with E-state index in [0.29, 0.717) is 37.6 Å². The summed E-state index contributed by atoms with van der Waals surface area (Å²) in [6.07, 6.45) is 2.65. The van der Waals surface area contributed by atoms with Crippen molar-refractivity contribution in [2.75, 3.05) is 32.9 Å². The maximum Gasteiger partial charge on any atom is 0.344 e. The molecule has 1 amide bonds. The summed E-state index contributed by atoms with van der Waals surface area (Å²) in [7, 11) is 3.75. The van der Waals surface area contributed by atoms with Gasteiger partial charge >= 0.3 is 5.97 Å². The van der Waals surface area contributed by atoms with Crippen LogP contribution in [0, 0.1) is 0 Å². The highest BCUT2D eigenvalue weighted by Gasteiger charge is 2.20. The number of carbonyl (C=O) groups excluding carboxylic acids is 1. The largest absolute Gasteiger partial charge is 0.479 e. The van der Waals surface area contributed by atoms with Crippen molar-refractivity contribution in [1.29, 1.82) is 0 Å². The number of aliphatic carboxylic acids is 1. The number of aromatic nitrogens is 3. The molecule has 4 aromatic rings. The number of ether oxygens (including phenoxy) is 1. The zero-order chi connectivity index (χ0) is 29.5. The van der Waals surface area contributed by atoms with Gasteiger partial charge in [0.1, 0.15) is 17.1 Å². The molecule has 0 saturated heterocycles. The van der Waals surface area contributed by atoms with Gasteiger partial charge in [0.25, 0.3) is 0 Å². The number of imidazole rings is 1. The molecule has 3 N–H and O–H groups in total. The first kappa shape index (κ1) is 29.8. The van der Waals surface area contributed by atoms with Crippen LogP contribution in [0.1, 0.15) is 44.5 Å². The minimum Gasteiger partial charge on any atom is -0.479 e. The van der Waals surface area contributed by atoms with Crippen LogP contribution in [-0.4, -0.2) is 74.6 Å². The summed E-state index contributed by atoms with van der Waals surface area (Å²) in [5, 5.41) is 10.2. The van der Waals surface area contributed by atoms with E-state index in [2.05, 4.69) is 22.5 Å². The third-order valence-corrected chi connectivity index (χ3v) is 6.99. The molecule has 2 aromatic carbocycles. The van der Waals surface area contributed by atoms with Crippen molar-refractivity contribution in [2.45, 2.75) is 58.7 Å². The van der Waals surface area contributed by atoms with Gasteiger partial charge in [-0.25, -0.2) is 14.8 Å². The first-order chi connectivity index (χ1) is 19.7. The molecule has 0 aliphatic rings. The monoisotopic (exact) mass is 560 g/mol. The number of rotatable bonds is 14. The lowest BCUT2D eigenvalue weighted by Gasteiger charge is -2.25. The quantitative estimate of drug-likeness (QED) is 0.233. The molecule has 2 aromatic heterocycles. The highest BCUT2D eigenvalue weighted by Crippen LogP contribution is 2.29. The summed E-state index contributed by atoms with van der Waals surface area (Å²) < 4.78 is 7.80. The zero-order valence-corrected chi connectivity index (χ0v) is 24.3. The molecular formula is C31H40N6O4. The first-order valence-electron chi connectivity index (χ1n) is 14.1. The van der Waals surface area contributed by atoms with Gasteiger partial charge in [0.15, 0.2) is 11.9 Å². The van der Waals surface area contributed by atoms with E-state index in [-0.39, 0.29) is 12.5 Å². The molecule has 0 spiro atoms. The molecule has 0 aliphatic heterocycles. The van der Waals surface area contributed by atoms with Gasteiger partial charge in [0.2, 0.25) is 5.91 Å². The highest BCUT2D eigenvalue weighted by atomic mass is 16.5. The lowest BCUT2D eigenvalue weighted by atomic mass is 10.1. The van der Waals surface area contributed by atoms with E-state index >= 15 is 0 Å². The Morgan fingerprint density at radius 1 is 1.10 bits per heavy atom. The van der Waals surface area contributed by atoms with Crippen molar-refractivity contribution in [2.24, 2.45) is 0 Å². The molecule has 0 bridgehead atoms. The van der Waals surface area contributed by atoms with Crippen LogP contribution in [0.5, 0.6) is 5.75 Å². The Labute approximate surface area is 240 Å². The summed E-state index contributed by atoms with van der Waals surface area (Å²) in [6.45, 7) is 5.54. The van der Waals surface area contributed by atoms with Gasteiger partial charge in [-0.15, -0.1) is 0 Å². The summed E-state index contributed by atoms with van der Waals surface area (Å²) >= 11 is 0. The van der Waals surface area contributed by atoms with Crippen molar-refractivity contribution in [3.05, 3.63) is 59.9 Å². The van der Waals surface area contributed by atoms with Gasteiger partial charge in [-0.3, -0.25) is 4.79 Å². The van der Waals surface area contributed by atoms with E-state index in [1.807, 2.05) is 54.2 Å². The van der Waals surface area contributed by atoms with Crippen molar-refractivity contribution in [3.8, 4) is 5.75 Å². The smallest absolute Gasteiger partial charge is 0.344 e. The minimum absolute atomic E-state index is 0.0146. The summed E-state index contributed by atoms with van der Waals surface area (Å²) in [5.41, 5.74) is 9.77. The van der Waals surface area contributed by atoms with E-state index < -0.39 is 12.1 Å². The van der Waals surface area contributed by atoms with Gasteiger partial charge in [-0.1, -0.05) is 43.7 Å². The number of carboxylic acid groups (broad SMARTS) is 1. The van der Waals surface area contributed by atoms with Gasteiger partial charge in [-0.2, -0.15) is 0 Å². The number of fused-ring (bicyclic) bond motifs is 3. The second-order valence-electron chi connectivity index (χ2n) is 10.6. The molecule has 4 rings (SSSR count). The van der Waals surface area contributed by atoms with Crippen molar-refractivity contribution < 1.29 is 19.4 Å². The van der Waals surface area contributed by atoms with E-state index in [1.165, 1.54) is 6.92 Å². The van der Waals surface area contributed by atoms with Crippen molar-refractivity contribution in [1.82, 2.24) is 24.3 Å². The molecule has 1 atom stereocenters. The fourth-order valence-corrected chi connectivity index (χ4v) is 4.95. The maximum absolute atomic E-state index is 13.3. The number of carbonyl (C=O) groups is 2. The van der Waals surface area contributed by atoms with Crippen molar-refractivity contribution in [3.63, 3.8) is 0 Å². The summed E-state index contributed by atoms with van der Waals surface area (Å²) in [6, 6.07) is 15.2. The predicted octanol–water partition coefficient (Wildman–Crippen LogP) is 4.34. The lowest BCUT2D eigenvalue weighted by molar-refractivity contribution is -0.144. The second-order valence-corrected chi connectivity index (χ2v) is 10.6. The molecule has 2 heterocycles. The minimum atomic E-state index is -1.03. The zero-order valence-electron chi connectivity index (χ0n) is 24.3. The number of hydrogen-bond acceptors (Lipinski definition) is 7. The third kappa shape index (κ3) is 7.32. The molecule has 218 valence electrons. The van der Waals surface area contributed by atoms with Gasteiger partial charge in [-0.05, 0) is 57.6 Å². The van der Waals surface area contributed by atoms with Crippen LogP contribution in [0.2, 0.25) is 0 Å². The van der Waals surface area contributed by atoms with Crippen LogP contribution in [-0.2, 0) is 29.1 Å². The van der Waals surface area contributed by atoms with Crippen LogP contribution >= 0.6 is 0 Å². The fourth-order valence-electron chi connectivity index (χ4n) is 4.95. The number of aryl methyl sites for hydroxylation is 2. The molecule has 0 fully saturated rings. The Bertz CT molecular complexity index is 1520. The molecule has 41 heavy (non-hydrogen) atoms. The van der Waals surface area contributed by atoms with Crippen molar-refractivity contribution >= 4 is 39.6 Å². The molecule has 0 saturated carbocycles. The number of hydrogen-bond donors (Lipinski definition) is 2. The normalized spacial score (nSPS) is 12.2. The average molecular weight is 561 g/mol. The Morgan fingerprint density at radius 3 is 2.61 bits per heavy atom. The number of carboxylic acids is 1. The van der Waals surface area contributed by atoms with E-state index in [1.54, 1.807) is 12.1 Å². The number of amides is 1. The van der Waals surface area contributed by atoms with Crippen LogP contribution in [0.25, 0.3) is 21.9 Å². The SMILES string of the molecule is CCCCc1nc2c(N)nc3ccccc3c2n1CCCN(Cc1cccc(OC(C)C(=O)O)c1)C(=O)CN(C)C. The second kappa shape index (κ2) is 13.5. The number of nitrogens with zero attached hydrogens (tertiary/aromatic N) is 5. The number of unbranched alkanes of at least 4 members (excludes halogenated alkanes) is 1. The van der Waals surface area contributed by atoms with E-state index in [4.69, 9.17) is 15.5 Å². The van der Waals surface area contributed by atoms with Crippen LogP contribution in [0.4, 0.5) is 5.82 Å². The average Bonchev–Trinajstić information content (AvgIpc) is 3.30. The topological polar surface area (TPSA) is 127 Å². The predicted molar refractivity (Wildman–Crippen MR) is 161 cm³/mol. The highest BCUT2D eigenvalue weighted by molar-refractivity contribution is 6.06. The molecule has 0 aliphatic carbocycles. The van der Waals surface area contributed by atoms with Crippen LogP contribution in [0.3, 0.4) is 0 Å². The number of nitrogens with two attached hydrogens (primary N) is 1. The fraction of sp³-hybridized carbons (Fsp3) is 0.419. The first-order valence-corrected chi connectivity index (χ1v) is 14.1. The number of nitrogen functional groups attached to an aromatic ring is 1. The van der Waals surface area contributed by atoms with E-state index in [0.717, 1.165) is 52.6 Å². The standard InChI is InChI=1S/C31H40N6O4/c1-5-6-15-26-34-28-29(24-13-7-8-14-25(24)33-30(28)32)37(26)17-10-16-36(27(38)20-35(3)4)19-22-11-9-12-23(18-22)41-21(2)31(39)40/h7-9,11-14,18,21H,5-6,10,15-17,19-20H2,1-4H3,(H2,32,33)(H,39,40). The molecule has 1 unspecified atom stereocenters. The Hall–Kier alpha value is -4.18.